The number of ether oxygens (including phenoxy) is 1. The van der Waals surface area contributed by atoms with Crippen LogP contribution in [-0.4, -0.2) is 23.9 Å². The van der Waals surface area contributed by atoms with Crippen molar-refractivity contribution in [1.82, 2.24) is 0 Å². The Bertz CT molecular complexity index is 205. The lowest BCUT2D eigenvalue weighted by Crippen LogP contribution is -2.27. The van der Waals surface area contributed by atoms with Gasteiger partial charge in [0.25, 0.3) is 0 Å². The molecule has 2 aliphatic carbocycles. The number of hydrogen-bond acceptors (Lipinski definition) is 2. The molecule has 2 nitrogen and oxygen atoms in total. The largest absolute Gasteiger partial charge is 0.396 e. The van der Waals surface area contributed by atoms with Crippen molar-refractivity contribution in [1.29, 1.82) is 0 Å². The van der Waals surface area contributed by atoms with Crippen molar-refractivity contribution in [3.8, 4) is 0 Å². The van der Waals surface area contributed by atoms with E-state index in [-0.39, 0.29) is 0 Å². The lowest BCUT2D eigenvalue weighted by Gasteiger charge is -2.30. The quantitative estimate of drug-likeness (QED) is 0.726. The van der Waals surface area contributed by atoms with Gasteiger partial charge in [0.05, 0.1) is 12.2 Å². The minimum Gasteiger partial charge on any atom is -0.396 e. The summed E-state index contributed by atoms with van der Waals surface area (Å²) in [6, 6.07) is 0. The van der Waals surface area contributed by atoms with Crippen LogP contribution in [0.25, 0.3) is 0 Å². The molecule has 1 saturated carbocycles. The Labute approximate surface area is 92.3 Å². The fraction of sp³-hybridized carbons (Fsp3) is 0.846. The summed E-state index contributed by atoms with van der Waals surface area (Å²) in [7, 11) is 0. The van der Waals surface area contributed by atoms with E-state index in [1.165, 1.54) is 19.3 Å². The van der Waals surface area contributed by atoms with Crippen LogP contribution in [0.1, 0.15) is 44.9 Å². The second-order valence-corrected chi connectivity index (χ2v) is 4.86. The van der Waals surface area contributed by atoms with Gasteiger partial charge in [0.2, 0.25) is 0 Å². The van der Waals surface area contributed by atoms with E-state index in [0.717, 1.165) is 25.7 Å². The van der Waals surface area contributed by atoms with Crippen molar-refractivity contribution in [2.75, 3.05) is 6.61 Å². The maximum atomic E-state index is 9.05. The topological polar surface area (TPSA) is 29.5 Å². The fourth-order valence-electron chi connectivity index (χ4n) is 2.59. The zero-order valence-corrected chi connectivity index (χ0v) is 9.40. The van der Waals surface area contributed by atoms with Crippen molar-refractivity contribution < 1.29 is 9.84 Å². The Morgan fingerprint density at radius 2 is 1.93 bits per heavy atom. The molecular formula is C13H22O2. The smallest absolute Gasteiger partial charge is 0.0759 e. The van der Waals surface area contributed by atoms with Crippen LogP contribution in [0.2, 0.25) is 0 Å². The molecule has 0 aromatic rings. The van der Waals surface area contributed by atoms with E-state index < -0.39 is 0 Å². The Morgan fingerprint density at radius 1 is 1.13 bits per heavy atom. The highest BCUT2D eigenvalue weighted by molar-refractivity contribution is 4.94. The summed E-state index contributed by atoms with van der Waals surface area (Å²) in [6.45, 7) is 0.357. The van der Waals surface area contributed by atoms with Crippen LogP contribution in [0.3, 0.4) is 0 Å². The van der Waals surface area contributed by atoms with E-state index in [2.05, 4.69) is 12.2 Å². The zero-order chi connectivity index (χ0) is 10.5. The molecule has 0 saturated heterocycles. The van der Waals surface area contributed by atoms with E-state index >= 15 is 0 Å². The van der Waals surface area contributed by atoms with Crippen LogP contribution in [-0.2, 0) is 4.74 Å². The molecule has 0 aromatic heterocycles. The highest BCUT2D eigenvalue weighted by atomic mass is 16.5. The third-order valence-electron chi connectivity index (χ3n) is 3.63. The molecule has 2 heteroatoms. The third-order valence-corrected chi connectivity index (χ3v) is 3.63. The lowest BCUT2D eigenvalue weighted by atomic mass is 9.88. The van der Waals surface area contributed by atoms with Crippen molar-refractivity contribution in [2.24, 2.45) is 5.92 Å². The van der Waals surface area contributed by atoms with Gasteiger partial charge in [-0.2, -0.15) is 0 Å². The average Bonchev–Trinajstić information content (AvgIpc) is 2.31. The highest BCUT2D eigenvalue weighted by Crippen LogP contribution is 2.28. The molecule has 0 aliphatic heterocycles. The van der Waals surface area contributed by atoms with Gasteiger partial charge in [-0.15, -0.1) is 0 Å². The summed E-state index contributed by atoms with van der Waals surface area (Å²) in [5.41, 5.74) is 0. The normalized spacial score (nSPS) is 36.7. The van der Waals surface area contributed by atoms with Gasteiger partial charge in [-0.25, -0.2) is 0 Å². The van der Waals surface area contributed by atoms with Crippen molar-refractivity contribution in [3.63, 3.8) is 0 Å². The predicted molar refractivity (Wildman–Crippen MR) is 60.7 cm³/mol. The van der Waals surface area contributed by atoms with E-state index in [0.29, 0.717) is 24.7 Å². The van der Waals surface area contributed by atoms with E-state index in [1.807, 2.05) is 0 Å². The minimum atomic E-state index is 0.357. The molecule has 86 valence electrons. The minimum absolute atomic E-state index is 0.357. The molecule has 2 rings (SSSR count). The summed E-state index contributed by atoms with van der Waals surface area (Å²) in [4.78, 5) is 0. The monoisotopic (exact) mass is 210 g/mol. The summed E-state index contributed by atoms with van der Waals surface area (Å²) < 4.78 is 6.06. The van der Waals surface area contributed by atoms with Crippen LogP contribution in [0.4, 0.5) is 0 Å². The van der Waals surface area contributed by atoms with E-state index in [1.54, 1.807) is 0 Å². The van der Waals surface area contributed by atoms with Gasteiger partial charge in [-0.1, -0.05) is 12.2 Å². The van der Waals surface area contributed by atoms with Gasteiger partial charge in [-0.05, 0) is 50.9 Å². The Hall–Kier alpha value is -0.340. The van der Waals surface area contributed by atoms with Crippen molar-refractivity contribution in [3.05, 3.63) is 12.2 Å². The number of allylic oxidation sites excluding steroid dienone is 1. The van der Waals surface area contributed by atoms with Crippen molar-refractivity contribution >= 4 is 0 Å². The van der Waals surface area contributed by atoms with Gasteiger partial charge in [0.1, 0.15) is 0 Å². The maximum Gasteiger partial charge on any atom is 0.0759 e. The number of aliphatic hydroxyl groups excluding tert-OH is 1. The lowest BCUT2D eigenvalue weighted by molar-refractivity contribution is -0.0245. The predicted octanol–water partition coefficient (Wildman–Crippen LogP) is 2.66. The summed E-state index contributed by atoms with van der Waals surface area (Å²) in [6.07, 6.45) is 13.5. The zero-order valence-electron chi connectivity index (χ0n) is 9.40. The van der Waals surface area contributed by atoms with Gasteiger partial charge < -0.3 is 9.84 Å². The van der Waals surface area contributed by atoms with Gasteiger partial charge >= 0.3 is 0 Å². The van der Waals surface area contributed by atoms with E-state index in [4.69, 9.17) is 9.84 Å². The molecular weight excluding hydrogens is 188 g/mol. The molecule has 1 N–H and O–H groups in total. The standard InChI is InChI=1S/C13H22O2/c14-10-11-6-8-13(9-7-11)15-12-4-2-1-3-5-12/h2,4,11-14H,1,3,5-10H2. The first kappa shape index (κ1) is 11.2. The van der Waals surface area contributed by atoms with Gasteiger partial charge in [0, 0.05) is 6.61 Å². The number of aliphatic hydroxyl groups is 1. The average molecular weight is 210 g/mol. The van der Waals surface area contributed by atoms with Crippen LogP contribution >= 0.6 is 0 Å². The molecule has 0 amide bonds. The Morgan fingerprint density at radius 3 is 2.53 bits per heavy atom. The summed E-state index contributed by atoms with van der Waals surface area (Å²) in [5.74, 6) is 0.534. The molecule has 0 aromatic carbocycles. The molecule has 2 aliphatic rings. The molecule has 0 heterocycles. The maximum absolute atomic E-state index is 9.05. The SMILES string of the molecule is OCC1CCC(OC2C=CCCC2)CC1. The fourth-order valence-corrected chi connectivity index (χ4v) is 2.59. The molecule has 0 spiro atoms. The molecule has 0 bridgehead atoms. The van der Waals surface area contributed by atoms with Crippen molar-refractivity contribution in [2.45, 2.75) is 57.2 Å². The first-order valence-corrected chi connectivity index (χ1v) is 6.31. The van der Waals surface area contributed by atoms with Crippen LogP contribution in [0, 0.1) is 5.92 Å². The van der Waals surface area contributed by atoms with Gasteiger partial charge in [-0.3, -0.25) is 0 Å². The summed E-state index contributed by atoms with van der Waals surface area (Å²) in [5, 5.41) is 9.05. The van der Waals surface area contributed by atoms with Crippen LogP contribution in [0.5, 0.6) is 0 Å². The highest BCUT2D eigenvalue weighted by Gasteiger charge is 2.23. The van der Waals surface area contributed by atoms with E-state index in [9.17, 15) is 0 Å². The third kappa shape index (κ3) is 3.32. The first-order chi connectivity index (χ1) is 7.38. The van der Waals surface area contributed by atoms with Crippen LogP contribution < -0.4 is 0 Å². The second kappa shape index (κ2) is 5.66. The molecule has 1 atom stereocenters. The Balaban J connectivity index is 1.71. The first-order valence-electron chi connectivity index (χ1n) is 6.31. The molecule has 0 radical (unpaired) electrons. The molecule has 1 unspecified atom stereocenters. The second-order valence-electron chi connectivity index (χ2n) is 4.86. The molecule has 1 fully saturated rings. The number of rotatable bonds is 3. The summed E-state index contributed by atoms with van der Waals surface area (Å²) >= 11 is 0. The van der Waals surface area contributed by atoms with Crippen LogP contribution in [0.15, 0.2) is 12.2 Å². The number of hydrogen-bond donors (Lipinski definition) is 1. The Kier molecular flexibility index (Phi) is 4.21. The van der Waals surface area contributed by atoms with Gasteiger partial charge in [0.15, 0.2) is 0 Å². The molecule has 15 heavy (non-hydrogen) atoms.